The molecule has 0 aliphatic carbocycles. The van der Waals surface area contributed by atoms with E-state index in [0.717, 1.165) is 0 Å². The number of nitrogens with zero attached hydrogens (tertiary/aromatic N) is 3. The molecule has 1 unspecified atom stereocenters. The van der Waals surface area contributed by atoms with Crippen molar-refractivity contribution >= 4 is 23.5 Å². The van der Waals surface area contributed by atoms with Gasteiger partial charge in [-0.15, -0.1) is 0 Å². The third-order valence-corrected chi connectivity index (χ3v) is 6.07. The monoisotopic (exact) mass is 508 g/mol. The van der Waals surface area contributed by atoms with Crippen molar-refractivity contribution in [3.05, 3.63) is 68.6 Å². The zero-order valence-corrected chi connectivity index (χ0v) is 21.4. The fourth-order valence-electron chi connectivity index (χ4n) is 4.35. The van der Waals surface area contributed by atoms with Gasteiger partial charge < -0.3 is 19.3 Å². The molecule has 0 bridgehead atoms. The molecule has 1 atom stereocenters. The van der Waals surface area contributed by atoms with Crippen LogP contribution in [-0.4, -0.2) is 40.3 Å². The molecule has 37 heavy (non-hydrogen) atoms. The van der Waals surface area contributed by atoms with Gasteiger partial charge >= 0.3 is 11.7 Å². The lowest BCUT2D eigenvalue weighted by molar-refractivity contribution is -0.138. The van der Waals surface area contributed by atoms with E-state index in [4.69, 9.17) is 14.0 Å². The molecular formula is C25H28N6O6. The van der Waals surface area contributed by atoms with Crippen LogP contribution in [0.25, 0.3) is 5.69 Å². The van der Waals surface area contributed by atoms with Crippen LogP contribution in [0, 0.1) is 13.8 Å². The van der Waals surface area contributed by atoms with Gasteiger partial charge in [0.05, 0.1) is 19.3 Å². The number of rotatable bonds is 7. The number of aromatic nitrogens is 3. The molecule has 3 aromatic rings. The second-order valence-corrected chi connectivity index (χ2v) is 8.43. The van der Waals surface area contributed by atoms with E-state index in [1.54, 1.807) is 58.9 Å². The van der Waals surface area contributed by atoms with Crippen LogP contribution in [0.4, 0.5) is 11.6 Å². The Balaban J connectivity index is 1.80. The minimum absolute atomic E-state index is 0.0826. The van der Waals surface area contributed by atoms with Crippen LogP contribution in [0.2, 0.25) is 0 Å². The van der Waals surface area contributed by atoms with Crippen molar-refractivity contribution in [2.75, 3.05) is 24.5 Å². The van der Waals surface area contributed by atoms with Crippen molar-refractivity contribution < 1.29 is 23.6 Å². The molecule has 0 fully saturated rings. The number of anilines is 2. The second kappa shape index (κ2) is 10.2. The number of methoxy groups -OCH3 is 1. The Morgan fingerprint density at radius 2 is 1.89 bits per heavy atom. The average Bonchev–Trinajstić information content (AvgIpc) is 3.19. The summed E-state index contributed by atoms with van der Waals surface area (Å²) >= 11 is 0. The highest BCUT2D eigenvalue weighted by Gasteiger charge is 2.35. The fourth-order valence-corrected chi connectivity index (χ4v) is 4.35. The van der Waals surface area contributed by atoms with E-state index < -0.39 is 23.5 Å². The number of ether oxygens (including phenoxy) is 2. The molecule has 12 heteroatoms. The number of carbonyl (C=O) groups is 2. The Kier molecular flexibility index (Phi) is 7.00. The van der Waals surface area contributed by atoms with Gasteiger partial charge in [-0.25, -0.2) is 14.2 Å². The van der Waals surface area contributed by atoms with Crippen LogP contribution in [0.15, 0.2) is 44.9 Å². The molecule has 0 radical (unpaired) electrons. The zero-order valence-electron chi connectivity index (χ0n) is 21.4. The van der Waals surface area contributed by atoms with Crippen LogP contribution in [0.3, 0.4) is 0 Å². The maximum Gasteiger partial charge on any atom is 0.356 e. The SMILES string of the molecule is CCOC(=O)C1=C(C)Nc2c(c(NNC(=O)c3ccc(OC)cc3)nc(=O)n2-c2c(C)noc2C)C1C. The first-order chi connectivity index (χ1) is 17.7. The van der Waals surface area contributed by atoms with Gasteiger partial charge in [-0.1, -0.05) is 12.1 Å². The molecule has 3 N–H and O–H groups in total. The standard InChI is InChI=1S/C25H28N6O6/c1-7-36-24(33)18-12(2)19-21(28-29-23(32)16-8-10-17(35-6)11-9-16)27-25(34)31(22(19)26-13(18)3)20-14(4)30-37-15(20)5/h8-12,26H,7H2,1-6H3,(H,29,32)(H,27,28,34). The number of hydrogen-bond acceptors (Lipinski definition) is 10. The number of esters is 1. The number of amides is 1. The van der Waals surface area contributed by atoms with E-state index in [0.29, 0.717) is 51.1 Å². The fraction of sp³-hybridized carbons (Fsp3) is 0.320. The summed E-state index contributed by atoms with van der Waals surface area (Å²) in [6.45, 7) is 8.86. The summed E-state index contributed by atoms with van der Waals surface area (Å²) in [5, 5.41) is 7.13. The third kappa shape index (κ3) is 4.65. The van der Waals surface area contributed by atoms with Gasteiger partial charge in [0.15, 0.2) is 11.6 Å². The molecule has 12 nitrogen and oxygen atoms in total. The maximum atomic E-state index is 13.3. The number of aryl methyl sites for hydroxylation is 2. The molecule has 0 saturated heterocycles. The number of hydrogen-bond donors (Lipinski definition) is 3. The molecule has 4 rings (SSSR count). The van der Waals surface area contributed by atoms with Crippen LogP contribution < -0.4 is 26.6 Å². The molecule has 3 heterocycles. The molecule has 0 spiro atoms. The van der Waals surface area contributed by atoms with E-state index in [1.807, 2.05) is 0 Å². The number of nitrogens with one attached hydrogen (secondary N) is 3. The summed E-state index contributed by atoms with van der Waals surface area (Å²) in [4.78, 5) is 43.1. The molecule has 1 amide bonds. The highest BCUT2D eigenvalue weighted by molar-refractivity contribution is 5.96. The predicted molar refractivity (Wildman–Crippen MR) is 135 cm³/mol. The molecule has 2 aromatic heterocycles. The summed E-state index contributed by atoms with van der Waals surface area (Å²) < 4.78 is 17.0. The van der Waals surface area contributed by atoms with Crippen molar-refractivity contribution in [3.8, 4) is 11.4 Å². The van der Waals surface area contributed by atoms with E-state index in [2.05, 4.69) is 26.3 Å². The Morgan fingerprint density at radius 3 is 2.49 bits per heavy atom. The average molecular weight is 509 g/mol. The van der Waals surface area contributed by atoms with E-state index in [9.17, 15) is 14.4 Å². The first kappa shape index (κ1) is 25.5. The third-order valence-electron chi connectivity index (χ3n) is 6.07. The molecule has 1 aromatic carbocycles. The van der Waals surface area contributed by atoms with Crippen LogP contribution in [0.5, 0.6) is 5.75 Å². The Bertz CT molecular complexity index is 1430. The smallest absolute Gasteiger partial charge is 0.356 e. The minimum atomic E-state index is -0.638. The lowest BCUT2D eigenvalue weighted by Gasteiger charge is -2.30. The predicted octanol–water partition coefficient (Wildman–Crippen LogP) is 2.97. The normalized spacial score (nSPS) is 14.5. The molecule has 0 saturated carbocycles. The van der Waals surface area contributed by atoms with Crippen molar-refractivity contribution in [3.63, 3.8) is 0 Å². The molecule has 194 valence electrons. The number of benzene rings is 1. The van der Waals surface area contributed by atoms with Gasteiger partial charge in [0.2, 0.25) is 0 Å². The largest absolute Gasteiger partial charge is 0.497 e. The van der Waals surface area contributed by atoms with Crippen molar-refractivity contribution in [1.29, 1.82) is 0 Å². The lowest BCUT2D eigenvalue weighted by atomic mass is 9.88. The highest BCUT2D eigenvalue weighted by atomic mass is 16.5. The van der Waals surface area contributed by atoms with Gasteiger partial charge in [0.1, 0.15) is 22.9 Å². The summed E-state index contributed by atoms with van der Waals surface area (Å²) in [6.07, 6.45) is 0. The number of carbonyl (C=O) groups excluding carboxylic acids is 2. The lowest BCUT2D eigenvalue weighted by Crippen LogP contribution is -2.36. The molecule has 1 aliphatic heterocycles. The first-order valence-electron chi connectivity index (χ1n) is 11.6. The van der Waals surface area contributed by atoms with Gasteiger partial charge in [0.25, 0.3) is 5.91 Å². The van der Waals surface area contributed by atoms with Crippen molar-refractivity contribution in [2.45, 2.75) is 40.5 Å². The van der Waals surface area contributed by atoms with E-state index in [1.165, 1.54) is 11.7 Å². The Labute approximate surface area is 212 Å². The van der Waals surface area contributed by atoms with Crippen LogP contribution in [0.1, 0.15) is 54.1 Å². The van der Waals surface area contributed by atoms with Gasteiger partial charge in [-0.05, 0) is 52.0 Å². The summed E-state index contributed by atoms with van der Waals surface area (Å²) in [6, 6.07) is 6.52. The van der Waals surface area contributed by atoms with Gasteiger partial charge in [-0.2, -0.15) is 4.98 Å². The molecule has 1 aliphatic rings. The van der Waals surface area contributed by atoms with Crippen molar-refractivity contribution in [1.82, 2.24) is 20.1 Å². The number of fused-ring (bicyclic) bond motifs is 1. The quantitative estimate of drug-likeness (QED) is 0.321. The van der Waals surface area contributed by atoms with E-state index >= 15 is 0 Å². The first-order valence-corrected chi connectivity index (χ1v) is 11.6. The minimum Gasteiger partial charge on any atom is -0.497 e. The summed E-state index contributed by atoms with van der Waals surface area (Å²) in [5.74, 6) is -0.0136. The van der Waals surface area contributed by atoms with Gasteiger partial charge in [0, 0.05) is 22.7 Å². The second-order valence-electron chi connectivity index (χ2n) is 8.43. The topological polar surface area (TPSA) is 150 Å². The summed E-state index contributed by atoms with van der Waals surface area (Å²) in [7, 11) is 1.53. The van der Waals surface area contributed by atoms with Crippen LogP contribution >= 0.6 is 0 Å². The van der Waals surface area contributed by atoms with Crippen LogP contribution in [-0.2, 0) is 9.53 Å². The van der Waals surface area contributed by atoms with E-state index in [-0.39, 0.29) is 12.4 Å². The number of hydrazine groups is 1. The maximum absolute atomic E-state index is 13.3. The highest BCUT2D eigenvalue weighted by Crippen LogP contribution is 2.41. The Morgan fingerprint density at radius 1 is 1.19 bits per heavy atom. The van der Waals surface area contributed by atoms with Gasteiger partial charge in [-0.3, -0.25) is 15.6 Å². The molecular weight excluding hydrogens is 480 g/mol. The van der Waals surface area contributed by atoms with Crippen molar-refractivity contribution in [2.24, 2.45) is 0 Å². The Hall–Kier alpha value is -4.61. The zero-order chi connectivity index (χ0) is 26.9. The summed E-state index contributed by atoms with van der Waals surface area (Å²) in [5.41, 5.74) is 7.38. The number of allylic oxidation sites excluding steroid dienone is 1.